The molecule has 0 radical (unpaired) electrons. The molecule has 0 fully saturated rings. The second-order valence-corrected chi connectivity index (χ2v) is 6.49. The van der Waals surface area contributed by atoms with Gasteiger partial charge in [-0.05, 0) is 36.7 Å². The third-order valence-electron chi connectivity index (χ3n) is 4.32. The zero-order valence-corrected chi connectivity index (χ0v) is 13.6. The number of nitrogens with zero attached hydrogens (tertiary/aromatic N) is 3. The third-order valence-corrected chi connectivity index (χ3v) is 4.32. The Morgan fingerprint density at radius 3 is 2.33 bits per heavy atom. The van der Waals surface area contributed by atoms with Crippen LogP contribution in [0.25, 0.3) is 10.8 Å². The normalized spacial score (nSPS) is 14.9. The number of anilines is 1. The summed E-state index contributed by atoms with van der Waals surface area (Å²) in [5.74, 6) is 0. The Morgan fingerprint density at radius 2 is 1.67 bits per heavy atom. The molecule has 0 aromatic heterocycles. The van der Waals surface area contributed by atoms with E-state index < -0.39 is 0 Å². The van der Waals surface area contributed by atoms with Gasteiger partial charge < -0.3 is 9.80 Å². The maximum Gasteiger partial charge on any atom is 0.0441 e. The first-order valence-electron chi connectivity index (χ1n) is 7.64. The summed E-state index contributed by atoms with van der Waals surface area (Å²) >= 11 is 0. The van der Waals surface area contributed by atoms with Gasteiger partial charge in [0, 0.05) is 51.3 Å². The molecule has 3 nitrogen and oxygen atoms in total. The van der Waals surface area contributed by atoms with Crippen molar-refractivity contribution in [2.24, 2.45) is 0 Å². The molecule has 0 amide bonds. The van der Waals surface area contributed by atoms with Crippen LogP contribution in [0, 0.1) is 0 Å². The predicted octanol–water partition coefficient (Wildman–Crippen LogP) is 2.78. The van der Waals surface area contributed by atoms with E-state index in [0.29, 0.717) is 0 Å². The van der Waals surface area contributed by atoms with Gasteiger partial charge in [-0.1, -0.05) is 24.3 Å². The van der Waals surface area contributed by atoms with Crippen molar-refractivity contribution >= 4 is 16.5 Å². The van der Waals surface area contributed by atoms with Gasteiger partial charge in [0.25, 0.3) is 0 Å². The Bertz CT molecular complexity index is 634. The van der Waals surface area contributed by atoms with E-state index in [4.69, 9.17) is 0 Å². The number of benzene rings is 2. The Kier molecular flexibility index (Phi) is 3.87. The summed E-state index contributed by atoms with van der Waals surface area (Å²) in [7, 11) is 8.52. The lowest BCUT2D eigenvalue weighted by molar-refractivity contribution is 0.223. The largest absolute Gasteiger partial charge is 0.377 e. The molecule has 0 unspecified atom stereocenters. The van der Waals surface area contributed by atoms with Crippen LogP contribution in [0.15, 0.2) is 30.3 Å². The zero-order chi connectivity index (χ0) is 15.0. The number of likely N-dealkylation sites (N-methyl/N-ethyl adjacent to an activating group) is 1. The molecule has 0 atom stereocenters. The van der Waals surface area contributed by atoms with Crippen LogP contribution in [0.1, 0.15) is 11.1 Å². The topological polar surface area (TPSA) is 9.72 Å². The van der Waals surface area contributed by atoms with E-state index in [1.165, 1.54) is 27.6 Å². The van der Waals surface area contributed by atoms with Gasteiger partial charge in [-0.15, -0.1) is 0 Å². The summed E-state index contributed by atoms with van der Waals surface area (Å²) in [4.78, 5) is 7.01. The molecule has 2 aromatic carbocycles. The molecular weight excluding hydrogens is 258 g/mol. The molecule has 3 rings (SSSR count). The van der Waals surface area contributed by atoms with Crippen molar-refractivity contribution < 1.29 is 0 Å². The van der Waals surface area contributed by atoms with Crippen molar-refractivity contribution in [2.45, 2.75) is 13.1 Å². The van der Waals surface area contributed by atoms with E-state index in [-0.39, 0.29) is 0 Å². The molecule has 0 bridgehead atoms. The molecule has 1 aliphatic rings. The molecule has 21 heavy (non-hydrogen) atoms. The molecule has 1 aliphatic heterocycles. The minimum atomic E-state index is 1.06. The second-order valence-electron chi connectivity index (χ2n) is 6.49. The molecular formula is C18H25N3. The van der Waals surface area contributed by atoms with Gasteiger partial charge in [0.2, 0.25) is 0 Å². The minimum absolute atomic E-state index is 1.06. The van der Waals surface area contributed by atoms with E-state index in [0.717, 1.165) is 26.2 Å². The van der Waals surface area contributed by atoms with E-state index in [9.17, 15) is 0 Å². The molecule has 2 aromatic rings. The molecule has 0 N–H and O–H groups in total. The number of rotatable bonds is 4. The summed E-state index contributed by atoms with van der Waals surface area (Å²) in [6.45, 7) is 4.36. The molecule has 0 spiro atoms. The molecule has 112 valence electrons. The highest BCUT2D eigenvalue weighted by atomic mass is 15.2. The second kappa shape index (κ2) is 5.66. The molecule has 0 aliphatic carbocycles. The Labute approximate surface area is 127 Å². The summed E-state index contributed by atoms with van der Waals surface area (Å²) in [5, 5.41) is 2.87. The lowest BCUT2D eigenvalue weighted by atomic mass is 9.94. The minimum Gasteiger partial charge on any atom is -0.377 e. The lowest BCUT2D eigenvalue weighted by Crippen LogP contribution is -2.33. The van der Waals surface area contributed by atoms with Crippen molar-refractivity contribution in [1.82, 2.24) is 9.80 Å². The fourth-order valence-corrected chi connectivity index (χ4v) is 3.24. The van der Waals surface area contributed by atoms with Gasteiger partial charge in [0.1, 0.15) is 0 Å². The molecule has 1 heterocycles. The van der Waals surface area contributed by atoms with Crippen LogP contribution in [0.4, 0.5) is 5.69 Å². The molecule has 0 saturated heterocycles. The fraction of sp³-hybridized carbons (Fsp3) is 0.444. The Morgan fingerprint density at radius 1 is 0.952 bits per heavy atom. The van der Waals surface area contributed by atoms with E-state index in [1.807, 2.05) is 0 Å². The fourth-order valence-electron chi connectivity index (χ4n) is 3.24. The van der Waals surface area contributed by atoms with Crippen molar-refractivity contribution in [1.29, 1.82) is 0 Å². The summed E-state index contributed by atoms with van der Waals surface area (Å²) in [6, 6.07) is 11.3. The third kappa shape index (κ3) is 2.76. The van der Waals surface area contributed by atoms with Gasteiger partial charge in [0.15, 0.2) is 0 Å². The maximum absolute atomic E-state index is 2.55. The molecule has 0 saturated carbocycles. The van der Waals surface area contributed by atoms with Crippen molar-refractivity contribution in [3.8, 4) is 0 Å². The average molecular weight is 283 g/mol. The van der Waals surface area contributed by atoms with Gasteiger partial charge in [-0.25, -0.2) is 0 Å². The Hall–Kier alpha value is -1.58. The zero-order valence-electron chi connectivity index (χ0n) is 13.6. The van der Waals surface area contributed by atoms with Crippen LogP contribution in [0.5, 0.6) is 0 Å². The Balaban J connectivity index is 1.98. The van der Waals surface area contributed by atoms with Gasteiger partial charge >= 0.3 is 0 Å². The lowest BCUT2D eigenvalue weighted by Gasteiger charge is -2.31. The van der Waals surface area contributed by atoms with Crippen molar-refractivity contribution in [2.75, 3.05) is 46.2 Å². The number of hydrogen-bond acceptors (Lipinski definition) is 3. The highest BCUT2D eigenvalue weighted by Crippen LogP contribution is 2.35. The monoisotopic (exact) mass is 283 g/mol. The van der Waals surface area contributed by atoms with Crippen LogP contribution in [-0.2, 0) is 13.1 Å². The number of hydrogen-bond donors (Lipinski definition) is 0. The highest BCUT2D eigenvalue weighted by Gasteiger charge is 2.19. The first-order valence-corrected chi connectivity index (χ1v) is 7.64. The SMILES string of the molecule is CN(C)CCN1Cc2cccc3c(N(C)C)ccc(c23)C1. The van der Waals surface area contributed by atoms with Crippen LogP contribution >= 0.6 is 0 Å². The summed E-state index contributed by atoms with van der Waals surface area (Å²) in [6.07, 6.45) is 0. The summed E-state index contributed by atoms with van der Waals surface area (Å²) in [5.41, 5.74) is 4.25. The quantitative estimate of drug-likeness (QED) is 0.854. The van der Waals surface area contributed by atoms with Crippen LogP contribution in [0.2, 0.25) is 0 Å². The van der Waals surface area contributed by atoms with Crippen LogP contribution in [-0.4, -0.2) is 51.1 Å². The van der Waals surface area contributed by atoms with Gasteiger partial charge in [-0.3, -0.25) is 4.90 Å². The predicted molar refractivity (Wildman–Crippen MR) is 90.9 cm³/mol. The first-order chi connectivity index (χ1) is 10.1. The van der Waals surface area contributed by atoms with Gasteiger partial charge in [0.05, 0.1) is 0 Å². The van der Waals surface area contributed by atoms with Crippen molar-refractivity contribution in [3.63, 3.8) is 0 Å². The van der Waals surface area contributed by atoms with E-state index in [2.05, 4.69) is 73.2 Å². The van der Waals surface area contributed by atoms with E-state index in [1.54, 1.807) is 0 Å². The maximum atomic E-state index is 2.55. The van der Waals surface area contributed by atoms with Crippen molar-refractivity contribution in [3.05, 3.63) is 41.5 Å². The smallest absolute Gasteiger partial charge is 0.0441 e. The molecule has 3 heteroatoms. The summed E-state index contributed by atoms with van der Waals surface area (Å²) < 4.78 is 0. The van der Waals surface area contributed by atoms with E-state index >= 15 is 0 Å². The average Bonchev–Trinajstić information content (AvgIpc) is 2.45. The van der Waals surface area contributed by atoms with Crippen LogP contribution in [0.3, 0.4) is 0 Å². The first kappa shape index (κ1) is 14.4. The standard InChI is InChI=1S/C18H25N3/c1-19(2)10-11-21-12-14-6-5-7-16-17(20(3)4)9-8-15(13-21)18(14)16/h5-9H,10-13H2,1-4H3. The van der Waals surface area contributed by atoms with Gasteiger partial charge in [-0.2, -0.15) is 0 Å². The highest BCUT2D eigenvalue weighted by molar-refractivity contribution is 5.98. The van der Waals surface area contributed by atoms with Crippen LogP contribution < -0.4 is 4.90 Å².